The summed E-state index contributed by atoms with van der Waals surface area (Å²) in [5, 5.41) is 11.2. The van der Waals surface area contributed by atoms with Crippen LogP contribution in [0, 0.1) is 13.8 Å². The molecular weight excluding hydrogens is 346 g/mol. The van der Waals surface area contributed by atoms with Gasteiger partial charge < -0.3 is 9.73 Å². The molecule has 1 N–H and O–H groups in total. The quantitative estimate of drug-likeness (QED) is 0.654. The number of para-hydroxylation sites is 1. The van der Waals surface area contributed by atoms with Gasteiger partial charge in [0.25, 0.3) is 5.22 Å². The molecule has 0 fully saturated rings. The Morgan fingerprint density at radius 2 is 1.77 bits per heavy atom. The van der Waals surface area contributed by atoms with E-state index in [-0.39, 0.29) is 11.2 Å². The van der Waals surface area contributed by atoms with Gasteiger partial charge in [0.15, 0.2) is 0 Å². The summed E-state index contributed by atoms with van der Waals surface area (Å²) in [5.74, 6) is 0.455. The zero-order chi connectivity index (χ0) is 18.5. The molecule has 0 saturated heterocycles. The second kappa shape index (κ2) is 8.19. The lowest BCUT2D eigenvalue weighted by molar-refractivity contribution is -0.115. The van der Waals surface area contributed by atoms with Crippen LogP contribution in [0.25, 0.3) is 0 Å². The maximum atomic E-state index is 12.5. The molecule has 1 atom stereocenters. The molecule has 6 heteroatoms. The number of nitrogens with one attached hydrogen (secondary N) is 1. The number of nitrogens with zero attached hydrogens (tertiary/aromatic N) is 2. The van der Waals surface area contributed by atoms with Crippen molar-refractivity contribution in [2.75, 3.05) is 5.32 Å². The summed E-state index contributed by atoms with van der Waals surface area (Å²) in [5.41, 5.74) is 4.05. The number of benzene rings is 2. The normalized spacial score (nSPS) is 12.0. The maximum Gasteiger partial charge on any atom is 0.277 e. The van der Waals surface area contributed by atoms with Gasteiger partial charge in [0.1, 0.15) is 0 Å². The molecule has 1 heterocycles. The fourth-order valence-electron chi connectivity index (χ4n) is 2.57. The fraction of sp³-hybridized carbons (Fsp3) is 0.250. The van der Waals surface area contributed by atoms with Crippen molar-refractivity contribution in [1.29, 1.82) is 0 Å². The second-order valence-electron chi connectivity index (χ2n) is 6.14. The average Bonchev–Trinajstić information content (AvgIpc) is 3.05. The minimum absolute atomic E-state index is 0.0878. The molecule has 0 aliphatic rings. The highest BCUT2D eigenvalue weighted by Crippen LogP contribution is 2.25. The summed E-state index contributed by atoms with van der Waals surface area (Å²) in [6.07, 6.45) is 0.581. The van der Waals surface area contributed by atoms with Crippen molar-refractivity contribution >= 4 is 23.4 Å². The molecule has 1 amide bonds. The smallest absolute Gasteiger partial charge is 0.277 e. The van der Waals surface area contributed by atoms with E-state index in [0.29, 0.717) is 17.5 Å². The van der Waals surface area contributed by atoms with Crippen LogP contribution in [0.2, 0.25) is 0 Å². The standard InChI is InChI=1S/C20H21N3O2S/c1-13-8-7-9-14(2)18(13)21-19(24)15(3)26-20-23-22-17(25-20)12-16-10-5-4-6-11-16/h4-11,15H,12H2,1-3H3,(H,21,24)/t15-/m1/s1. The molecule has 0 bridgehead atoms. The van der Waals surface area contributed by atoms with E-state index in [1.165, 1.54) is 11.8 Å². The number of carbonyl (C=O) groups excluding carboxylic acids is 1. The van der Waals surface area contributed by atoms with Crippen LogP contribution < -0.4 is 5.32 Å². The van der Waals surface area contributed by atoms with Crippen LogP contribution in [0.15, 0.2) is 58.2 Å². The van der Waals surface area contributed by atoms with Crippen molar-refractivity contribution in [2.45, 2.75) is 37.7 Å². The molecule has 134 valence electrons. The van der Waals surface area contributed by atoms with Gasteiger partial charge in [-0.2, -0.15) is 0 Å². The van der Waals surface area contributed by atoms with Gasteiger partial charge in [0.05, 0.1) is 11.7 Å². The van der Waals surface area contributed by atoms with Crippen molar-refractivity contribution < 1.29 is 9.21 Å². The Hall–Kier alpha value is -2.60. The Labute approximate surface area is 157 Å². The summed E-state index contributed by atoms with van der Waals surface area (Å²) in [7, 11) is 0. The van der Waals surface area contributed by atoms with Crippen LogP contribution in [-0.4, -0.2) is 21.4 Å². The Morgan fingerprint density at radius 3 is 2.46 bits per heavy atom. The largest absolute Gasteiger partial charge is 0.416 e. The van der Waals surface area contributed by atoms with Crippen LogP contribution in [-0.2, 0) is 11.2 Å². The zero-order valence-corrected chi connectivity index (χ0v) is 15.8. The molecular formula is C20H21N3O2S. The maximum absolute atomic E-state index is 12.5. The van der Waals surface area contributed by atoms with Crippen molar-refractivity contribution in [3.63, 3.8) is 0 Å². The van der Waals surface area contributed by atoms with Gasteiger partial charge in [-0.25, -0.2) is 0 Å². The summed E-state index contributed by atoms with van der Waals surface area (Å²) in [6, 6.07) is 15.9. The summed E-state index contributed by atoms with van der Waals surface area (Å²) in [6.45, 7) is 5.79. The predicted octanol–water partition coefficient (Wildman–Crippen LogP) is 4.40. The third-order valence-corrected chi connectivity index (χ3v) is 4.96. The molecule has 0 saturated carbocycles. The lowest BCUT2D eigenvalue weighted by Crippen LogP contribution is -2.23. The van der Waals surface area contributed by atoms with Crippen molar-refractivity contribution in [3.8, 4) is 0 Å². The second-order valence-corrected chi connectivity index (χ2v) is 7.43. The first kappa shape index (κ1) is 18.2. The SMILES string of the molecule is Cc1cccc(C)c1NC(=O)[C@@H](C)Sc1nnc(Cc2ccccc2)o1. The number of amides is 1. The van der Waals surface area contributed by atoms with Crippen LogP contribution in [0.3, 0.4) is 0 Å². The topological polar surface area (TPSA) is 68.0 Å². The molecule has 0 spiro atoms. The summed E-state index contributed by atoms with van der Waals surface area (Å²) in [4.78, 5) is 12.5. The molecule has 0 radical (unpaired) electrons. The van der Waals surface area contributed by atoms with Gasteiger partial charge in [0, 0.05) is 5.69 Å². The molecule has 1 aromatic heterocycles. The fourth-order valence-corrected chi connectivity index (χ4v) is 3.27. The number of aryl methyl sites for hydroxylation is 2. The van der Waals surface area contributed by atoms with E-state index in [1.807, 2.05) is 69.3 Å². The van der Waals surface area contributed by atoms with Gasteiger partial charge in [-0.1, -0.05) is 60.3 Å². The third kappa shape index (κ3) is 4.52. The van der Waals surface area contributed by atoms with Gasteiger partial charge in [-0.3, -0.25) is 4.79 Å². The van der Waals surface area contributed by atoms with Gasteiger partial charge in [0.2, 0.25) is 11.8 Å². The molecule has 3 aromatic rings. The van der Waals surface area contributed by atoms with Crippen LogP contribution >= 0.6 is 11.8 Å². The highest BCUT2D eigenvalue weighted by atomic mass is 32.2. The minimum Gasteiger partial charge on any atom is -0.416 e. The molecule has 2 aromatic carbocycles. The number of aromatic nitrogens is 2. The number of hydrogen-bond acceptors (Lipinski definition) is 5. The van der Waals surface area contributed by atoms with E-state index in [1.54, 1.807) is 0 Å². The third-order valence-electron chi connectivity index (χ3n) is 4.02. The van der Waals surface area contributed by atoms with Gasteiger partial charge in [-0.15, -0.1) is 10.2 Å². The Balaban J connectivity index is 1.61. The van der Waals surface area contributed by atoms with E-state index in [9.17, 15) is 4.79 Å². The zero-order valence-electron chi connectivity index (χ0n) is 15.0. The van der Waals surface area contributed by atoms with E-state index in [4.69, 9.17) is 4.42 Å². The van der Waals surface area contributed by atoms with Crippen LogP contribution in [0.5, 0.6) is 0 Å². The highest BCUT2D eigenvalue weighted by molar-refractivity contribution is 8.00. The molecule has 26 heavy (non-hydrogen) atoms. The summed E-state index contributed by atoms with van der Waals surface area (Å²) < 4.78 is 5.67. The summed E-state index contributed by atoms with van der Waals surface area (Å²) >= 11 is 1.26. The molecule has 0 aliphatic heterocycles. The number of hydrogen-bond donors (Lipinski definition) is 1. The first-order valence-corrected chi connectivity index (χ1v) is 9.31. The lowest BCUT2D eigenvalue weighted by Gasteiger charge is -2.14. The lowest BCUT2D eigenvalue weighted by atomic mass is 10.1. The molecule has 5 nitrogen and oxygen atoms in total. The van der Waals surface area contributed by atoms with E-state index < -0.39 is 0 Å². The van der Waals surface area contributed by atoms with E-state index in [2.05, 4.69) is 15.5 Å². The Bertz CT molecular complexity index is 873. The highest BCUT2D eigenvalue weighted by Gasteiger charge is 2.19. The molecule has 0 aliphatic carbocycles. The number of thioether (sulfide) groups is 1. The molecule has 3 rings (SSSR count). The molecule has 0 unspecified atom stereocenters. The van der Waals surface area contributed by atoms with Crippen molar-refractivity contribution in [3.05, 3.63) is 71.1 Å². The van der Waals surface area contributed by atoms with E-state index >= 15 is 0 Å². The van der Waals surface area contributed by atoms with Crippen molar-refractivity contribution in [1.82, 2.24) is 10.2 Å². The first-order valence-electron chi connectivity index (χ1n) is 8.43. The minimum atomic E-state index is -0.348. The number of carbonyl (C=O) groups is 1. The van der Waals surface area contributed by atoms with Gasteiger partial charge in [-0.05, 0) is 37.5 Å². The van der Waals surface area contributed by atoms with Crippen molar-refractivity contribution in [2.24, 2.45) is 0 Å². The Morgan fingerprint density at radius 1 is 1.08 bits per heavy atom. The predicted molar refractivity (Wildman–Crippen MR) is 103 cm³/mol. The monoisotopic (exact) mass is 367 g/mol. The van der Waals surface area contributed by atoms with Crippen LogP contribution in [0.4, 0.5) is 5.69 Å². The average molecular weight is 367 g/mol. The first-order chi connectivity index (χ1) is 12.5. The number of rotatable bonds is 6. The van der Waals surface area contributed by atoms with E-state index in [0.717, 1.165) is 22.4 Å². The van der Waals surface area contributed by atoms with Crippen LogP contribution in [0.1, 0.15) is 29.5 Å². The Kier molecular flexibility index (Phi) is 5.73. The number of anilines is 1. The van der Waals surface area contributed by atoms with Gasteiger partial charge >= 0.3 is 0 Å².